The van der Waals surface area contributed by atoms with E-state index in [4.69, 9.17) is 0 Å². The molecule has 0 radical (unpaired) electrons. The van der Waals surface area contributed by atoms with Gasteiger partial charge in [-0.05, 0) is 18.1 Å². The van der Waals surface area contributed by atoms with Crippen molar-refractivity contribution in [2.75, 3.05) is 0 Å². The standard InChI is InChI=1S/C23H20FNO/c1-17-9-8-14-20(15-17)23(24)21(19-12-6-3-7-13-19)25(22(23)26)16-18-10-4-2-5-11-18/h2-15,21H,16H2,1H3/t21-,23+/m0/s1. The average Bonchev–Trinajstić information content (AvgIpc) is 2.68. The van der Waals surface area contributed by atoms with Gasteiger partial charge < -0.3 is 4.90 Å². The van der Waals surface area contributed by atoms with Gasteiger partial charge in [0.1, 0.15) is 6.04 Å². The number of β-lactam (4-membered cyclic amide) rings is 1. The number of aryl methyl sites for hydroxylation is 1. The maximum absolute atomic E-state index is 16.1. The lowest BCUT2D eigenvalue weighted by molar-refractivity contribution is -0.181. The second-order valence-electron chi connectivity index (χ2n) is 6.81. The van der Waals surface area contributed by atoms with Gasteiger partial charge in [0, 0.05) is 12.1 Å². The number of amides is 1. The average molecular weight is 345 g/mol. The predicted molar refractivity (Wildman–Crippen MR) is 100 cm³/mol. The first-order valence-corrected chi connectivity index (χ1v) is 8.76. The molecule has 1 saturated heterocycles. The normalized spacial score (nSPS) is 22.2. The first-order chi connectivity index (χ1) is 12.6. The van der Waals surface area contributed by atoms with E-state index in [1.807, 2.05) is 73.7 Å². The van der Waals surface area contributed by atoms with Gasteiger partial charge in [-0.1, -0.05) is 90.5 Å². The zero-order chi connectivity index (χ0) is 18.1. The smallest absolute Gasteiger partial charge is 0.268 e. The minimum absolute atomic E-state index is 0.400. The molecule has 1 aliphatic rings. The molecule has 3 heteroatoms. The third-order valence-corrected chi connectivity index (χ3v) is 5.01. The highest BCUT2D eigenvalue weighted by molar-refractivity contribution is 5.94. The van der Waals surface area contributed by atoms with Crippen LogP contribution in [-0.4, -0.2) is 10.8 Å². The maximum Gasteiger partial charge on any atom is 0.268 e. The Hall–Kier alpha value is -2.94. The highest BCUT2D eigenvalue weighted by Gasteiger charge is 2.63. The second-order valence-corrected chi connectivity index (χ2v) is 6.81. The largest absolute Gasteiger partial charge is 0.324 e. The van der Waals surface area contributed by atoms with Crippen molar-refractivity contribution in [2.45, 2.75) is 25.2 Å². The third kappa shape index (κ3) is 2.60. The Kier molecular flexibility index (Phi) is 4.08. The Balaban J connectivity index is 1.76. The number of alkyl halides is 1. The molecule has 130 valence electrons. The molecule has 26 heavy (non-hydrogen) atoms. The van der Waals surface area contributed by atoms with Gasteiger partial charge in [0.15, 0.2) is 0 Å². The molecule has 4 rings (SSSR count). The number of carbonyl (C=O) groups is 1. The fourth-order valence-corrected chi connectivity index (χ4v) is 3.73. The Morgan fingerprint density at radius 3 is 2.23 bits per heavy atom. The quantitative estimate of drug-likeness (QED) is 0.613. The molecule has 3 aromatic rings. The van der Waals surface area contributed by atoms with E-state index in [1.165, 1.54) is 0 Å². The molecule has 2 atom stereocenters. The number of rotatable bonds is 4. The van der Waals surface area contributed by atoms with Gasteiger partial charge in [-0.25, -0.2) is 4.39 Å². The molecule has 0 saturated carbocycles. The van der Waals surface area contributed by atoms with Crippen LogP contribution in [0, 0.1) is 6.92 Å². The van der Waals surface area contributed by atoms with Crippen LogP contribution in [0.4, 0.5) is 4.39 Å². The molecule has 1 fully saturated rings. The summed E-state index contributed by atoms with van der Waals surface area (Å²) >= 11 is 0. The van der Waals surface area contributed by atoms with Crippen LogP contribution in [0.3, 0.4) is 0 Å². The van der Waals surface area contributed by atoms with Gasteiger partial charge in [0.2, 0.25) is 5.67 Å². The molecule has 3 aromatic carbocycles. The molecular formula is C23H20FNO. The molecule has 0 N–H and O–H groups in total. The Bertz CT molecular complexity index is 925. The van der Waals surface area contributed by atoms with Crippen LogP contribution < -0.4 is 0 Å². The van der Waals surface area contributed by atoms with Crippen LogP contribution in [-0.2, 0) is 17.0 Å². The second kappa shape index (κ2) is 6.41. The van der Waals surface area contributed by atoms with Crippen molar-refractivity contribution >= 4 is 5.91 Å². The first kappa shape index (κ1) is 16.5. The van der Waals surface area contributed by atoms with Gasteiger partial charge in [-0.2, -0.15) is 0 Å². The van der Waals surface area contributed by atoms with Crippen molar-refractivity contribution in [1.82, 2.24) is 4.90 Å². The summed E-state index contributed by atoms with van der Waals surface area (Å²) in [6.45, 7) is 2.31. The van der Waals surface area contributed by atoms with E-state index in [0.29, 0.717) is 12.1 Å². The number of halogens is 1. The van der Waals surface area contributed by atoms with Crippen molar-refractivity contribution in [3.05, 3.63) is 107 Å². The van der Waals surface area contributed by atoms with E-state index < -0.39 is 17.6 Å². The van der Waals surface area contributed by atoms with E-state index in [1.54, 1.807) is 23.1 Å². The SMILES string of the molecule is Cc1cccc([C@]2(F)C(=O)N(Cc3ccccc3)[C@H]2c2ccccc2)c1. The van der Waals surface area contributed by atoms with Crippen molar-refractivity contribution in [3.63, 3.8) is 0 Å². The van der Waals surface area contributed by atoms with E-state index >= 15 is 4.39 Å². The Morgan fingerprint density at radius 2 is 1.58 bits per heavy atom. The summed E-state index contributed by atoms with van der Waals surface area (Å²) in [5.74, 6) is -0.471. The van der Waals surface area contributed by atoms with Gasteiger partial charge in [0.25, 0.3) is 5.91 Å². The van der Waals surface area contributed by atoms with Crippen LogP contribution >= 0.6 is 0 Å². The van der Waals surface area contributed by atoms with E-state index in [2.05, 4.69) is 0 Å². The van der Waals surface area contributed by atoms with Crippen LogP contribution in [0.5, 0.6) is 0 Å². The lowest BCUT2D eigenvalue weighted by atomic mass is 9.74. The first-order valence-electron chi connectivity index (χ1n) is 8.76. The molecule has 0 unspecified atom stereocenters. The Morgan fingerprint density at radius 1 is 0.923 bits per heavy atom. The molecule has 0 aliphatic carbocycles. The molecule has 1 amide bonds. The van der Waals surface area contributed by atoms with Crippen LogP contribution in [0.2, 0.25) is 0 Å². The molecule has 0 bridgehead atoms. The molecule has 2 nitrogen and oxygen atoms in total. The summed E-state index contributed by atoms with van der Waals surface area (Å²) in [5, 5.41) is 0. The highest BCUT2D eigenvalue weighted by Crippen LogP contribution is 2.53. The summed E-state index contributed by atoms with van der Waals surface area (Å²) in [7, 11) is 0. The number of benzene rings is 3. The monoisotopic (exact) mass is 345 g/mol. The van der Waals surface area contributed by atoms with Crippen molar-refractivity contribution in [3.8, 4) is 0 Å². The summed E-state index contributed by atoms with van der Waals surface area (Å²) in [6.07, 6.45) is 0. The number of hydrogen-bond acceptors (Lipinski definition) is 1. The lowest BCUT2D eigenvalue weighted by Gasteiger charge is -2.51. The summed E-state index contributed by atoms with van der Waals surface area (Å²) < 4.78 is 16.1. The Labute approximate surface area is 152 Å². The zero-order valence-corrected chi connectivity index (χ0v) is 14.6. The molecule has 1 aliphatic heterocycles. The molecule has 1 heterocycles. The van der Waals surface area contributed by atoms with Gasteiger partial charge in [-0.3, -0.25) is 4.79 Å². The van der Waals surface area contributed by atoms with Crippen LogP contribution in [0.25, 0.3) is 0 Å². The molecule has 0 aromatic heterocycles. The van der Waals surface area contributed by atoms with Crippen LogP contribution in [0.1, 0.15) is 28.3 Å². The zero-order valence-electron chi connectivity index (χ0n) is 14.6. The van der Waals surface area contributed by atoms with Gasteiger partial charge >= 0.3 is 0 Å². The summed E-state index contributed by atoms with van der Waals surface area (Å²) in [4.78, 5) is 14.6. The summed E-state index contributed by atoms with van der Waals surface area (Å²) in [6, 6.07) is 25.7. The van der Waals surface area contributed by atoms with Crippen molar-refractivity contribution in [1.29, 1.82) is 0 Å². The van der Waals surface area contributed by atoms with Gasteiger partial charge in [0.05, 0.1) is 0 Å². The van der Waals surface area contributed by atoms with Gasteiger partial charge in [-0.15, -0.1) is 0 Å². The molecular weight excluding hydrogens is 325 g/mol. The lowest BCUT2D eigenvalue weighted by Crippen LogP contribution is -2.63. The predicted octanol–water partition coefficient (Wildman–Crippen LogP) is 4.94. The van der Waals surface area contributed by atoms with E-state index in [9.17, 15) is 4.79 Å². The van der Waals surface area contributed by atoms with Crippen LogP contribution in [0.15, 0.2) is 84.9 Å². The minimum Gasteiger partial charge on any atom is -0.324 e. The number of hydrogen-bond donors (Lipinski definition) is 0. The topological polar surface area (TPSA) is 20.3 Å². The number of likely N-dealkylation sites (tertiary alicyclic amines) is 1. The van der Waals surface area contributed by atoms with E-state index in [-0.39, 0.29) is 0 Å². The van der Waals surface area contributed by atoms with Crippen molar-refractivity contribution < 1.29 is 9.18 Å². The number of nitrogens with zero attached hydrogens (tertiary/aromatic N) is 1. The highest BCUT2D eigenvalue weighted by atomic mass is 19.1. The fraction of sp³-hybridized carbons (Fsp3) is 0.174. The summed E-state index contributed by atoms with van der Waals surface area (Å²) in [5.41, 5.74) is 1.16. The maximum atomic E-state index is 16.1. The van der Waals surface area contributed by atoms with Crippen molar-refractivity contribution in [2.24, 2.45) is 0 Å². The van der Waals surface area contributed by atoms with E-state index in [0.717, 1.165) is 16.7 Å². The minimum atomic E-state index is -2.03. The fourth-order valence-electron chi connectivity index (χ4n) is 3.73. The molecule has 0 spiro atoms. The number of carbonyl (C=O) groups excluding carboxylic acids is 1. The third-order valence-electron chi connectivity index (χ3n) is 5.01.